The van der Waals surface area contributed by atoms with Crippen LogP contribution >= 0.6 is 11.3 Å². The molecule has 0 bridgehead atoms. The summed E-state index contributed by atoms with van der Waals surface area (Å²) in [5.74, 6) is 1.33. The molecule has 32 heavy (non-hydrogen) atoms. The van der Waals surface area contributed by atoms with Crippen molar-refractivity contribution in [2.24, 2.45) is 0 Å². The Labute approximate surface area is 189 Å². The predicted octanol–water partition coefficient (Wildman–Crippen LogP) is 5.00. The zero-order valence-electron chi connectivity index (χ0n) is 17.8. The second-order valence-corrected chi connectivity index (χ2v) is 8.45. The highest BCUT2D eigenvalue weighted by molar-refractivity contribution is 7.15. The number of nitrogens with zero attached hydrogens (tertiary/aromatic N) is 2. The molecule has 0 aliphatic rings. The van der Waals surface area contributed by atoms with Gasteiger partial charge in [0, 0.05) is 0 Å². The van der Waals surface area contributed by atoms with Gasteiger partial charge in [0.2, 0.25) is 0 Å². The van der Waals surface area contributed by atoms with Gasteiger partial charge in [-0.3, -0.25) is 4.79 Å². The number of benzene rings is 3. The second kappa shape index (κ2) is 8.48. The highest BCUT2D eigenvalue weighted by Gasteiger charge is 2.13. The number of aromatic nitrogens is 2. The topological polar surface area (TPSA) is 52.8 Å². The number of imidazole rings is 1. The van der Waals surface area contributed by atoms with Crippen LogP contribution in [0.2, 0.25) is 0 Å². The van der Waals surface area contributed by atoms with E-state index in [0.29, 0.717) is 27.6 Å². The first-order chi connectivity index (χ1) is 15.6. The molecule has 2 aromatic heterocycles. The highest BCUT2D eigenvalue weighted by atomic mass is 32.1. The summed E-state index contributed by atoms with van der Waals surface area (Å²) in [6, 6.07) is 23.5. The van der Waals surface area contributed by atoms with Crippen molar-refractivity contribution >= 4 is 33.4 Å². The van der Waals surface area contributed by atoms with E-state index in [0.717, 1.165) is 22.2 Å². The van der Waals surface area contributed by atoms with Crippen molar-refractivity contribution in [3.8, 4) is 11.5 Å². The third-order valence-corrected chi connectivity index (χ3v) is 6.25. The van der Waals surface area contributed by atoms with Crippen molar-refractivity contribution in [2.75, 3.05) is 6.61 Å². The molecule has 0 saturated heterocycles. The maximum absolute atomic E-state index is 13.0. The molecule has 160 valence electrons. The van der Waals surface area contributed by atoms with Gasteiger partial charge in [-0.1, -0.05) is 59.9 Å². The van der Waals surface area contributed by atoms with E-state index in [4.69, 9.17) is 9.47 Å². The summed E-state index contributed by atoms with van der Waals surface area (Å²) in [5.41, 5.74) is 3.57. The number of hydrogen-bond acceptors (Lipinski definition) is 5. The molecule has 0 N–H and O–H groups in total. The Kier molecular flexibility index (Phi) is 5.37. The van der Waals surface area contributed by atoms with E-state index in [-0.39, 0.29) is 11.7 Å². The van der Waals surface area contributed by atoms with Gasteiger partial charge in [-0.15, -0.1) is 0 Å². The zero-order valence-corrected chi connectivity index (χ0v) is 18.6. The first-order valence-corrected chi connectivity index (χ1v) is 11.4. The van der Waals surface area contributed by atoms with Crippen LogP contribution < -0.4 is 19.6 Å². The summed E-state index contributed by atoms with van der Waals surface area (Å²) in [4.78, 5) is 18.3. The Bertz CT molecular complexity index is 1510. The van der Waals surface area contributed by atoms with Gasteiger partial charge in [0.25, 0.3) is 5.56 Å². The van der Waals surface area contributed by atoms with Gasteiger partial charge in [0.05, 0.1) is 22.2 Å². The third-order valence-electron chi connectivity index (χ3n) is 5.28. The number of ether oxygens (including phenoxy) is 2. The molecule has 0 spiro atoms. The van der Waals surface area contributed by atoms with E-state index in [9.17, 15) is 4.79 Å². The van der Waals surface area contributed by atoms with Crippen LogP contribution in [0.25, 0.3) is 22.1 Å². The molecule has 6 heteroatoms. The molecule has 0 aliphatic carbocycles. The van der Waals surface area contributed by atoms with Gasteiger partial charge in [-0.05, 0) is 55.3 Å². The summed E-state index contributed by atoms with van der Waals surface area (Å²) in [5, 5.41) is 0. The summed E-state index contributed by atoms with van der Waals surface area (Å²) in [6.07, 6.45) is 1.76. The third kappa shape index (κ3) is 3.74. The molecular formula is C26H22N2O3S. The molecule has 0 radical (unpaired) electrons. The molecule has 1 atom stereocenters. The number of thiazole rings is 1. The van der Waals surface area contributed by atoms with Crippen molar-refractivity contribution in [1.82, 2.24) is 9.38 Å². The Hall–Kier alpha value is -3.64. The molecule has 5 rings (SSSR count). The molecule has 0 aliphatic heterocycles. The van der Waals surface area contributed by atoms with Crippen LogP contribution in [0.4, 0.5) is 0 Å². The lowest BCUT2D eigenvalue weighted by Crippen LogP contribution is -2.22. The van der Waals surface area contributed by atoms with Gasteiger partial charge in [0.1, 0.15) is 6.10 Å². The Balaban J connectivity index is 1.51. The lowest BCUT2D eigenvalue weighted by molar-refractivity contribution is 0.211. The smallest absolute Gasteiger partial charge is 0.274 e. The minimum absolute atomic E-state index is 0.0605. The van der Waals surface area contributed by atoms with Crippen LogP contribution in [0.15, 0.2) is 77.6 Å². The molecule has 5 nitrogen and oxygen atoms in total. The molecule has 0 amide bonds. The first-order valence-electron chi connectivity index (χ1n) is 10.5. The molecule has 0 saturated carbocycles. The molecule has 0 fully saturated rings. The fraction of sp³-hybridized carbons (Fsp3) is 0.154. The summed E-state index contributed by atoms with van der Waals surface area (Å²) < 4.78 is 14.3. The minimum Gasteiger partial charge on any atom is -0.490 e. The van der Waals surface area contributed by atoms with Gasteiger partial charge in [-0.2, -0.15) is 0 Å². The Morgan fingerprint density at radius 3 is 2.62 bits per heavy atom. The molecule has 5 aromatic rings. The molecule has 2 heterocycles. The Morgan fingerprint density at radius 1 is 1.03 bits per heavy atom. The van der Waals surface area contributed by atoms with Crippen molar-refractivity contribution in [3.63, 3.8) is 0 Å². The van der Waals surface area contributed by atoms with E-state index < -0.39 is 0 Å². The van der Waals surface area contributed by atoms with Crippen LogP contribution in [0.3, 0.4) is 0 Å². The quantitative estimate of drug-likeness (QED) is 0.372. The summed E-state index contributed by atoms with van der Waals surface area (Å²) >= 11 is 1.39. The van der Waals surface area contributed by atoms with Crippen LogP contribution in [-0.4, -0.2) is 16.0 Å². The van der Waals surface area contributed by atoms with E-state index in [2.05, 4.69) is 4.98 Å². The first kappa shape index (κ1) is 20.3. The molecule has 3 aromatic carbocycles. The van der Waals surface area contributed by atoms with E-state index >= 15 is 0 Å². The van der Waals surface area contributed by atoms with Crippen molar-refractivity contribution in [1.29, 1.82) is 0 Å². The van der Waals surface area contributed by atoms with Crippen molar-refractivity contribution in [3.05, 3.63) is 98.8 Å². The largest absolute Gasteiger partial charge is 0.490 e. The van der Waals surface area contributed by atoms with Crippen molar-refractivity contribution < 1.29 is 9.47 Å². The average Bonchev–Trinajstić information content (AvgIpc) is 3.32. The number of para-hydroxylation sites is 2. The molecule has 1 unspecified atom stereocenters. The predicted molar refractivity (Wildman–Crippen MR) is 129 cm³/mol. The Morgan fingerprint density at radius 2 is 1.81 bits per heavy atom. The summed E-state index contributed by atoms with van der Waals surface area (Å²) in [6.45, 7) is 4.47. The lowest BCUT2D eigenvalue weighted by Gasteiger charge is -2.18. The van der Waals surface area contributed by atoms with E-state index in [1.165, 1.54) is 11.3 Å². The zero-order chi connectivity index (χ0) is 22.1. The average molecular weight is 443 g/mol. The fourth-order valence-corrected chi connectivity index (χ4v) is 4.71. The van der Waals surface area contributed by atoms with Crippen LogP contribution in [-0.2, 0) is 0 Å². The van der Waals surface area contributed by atoms with Crippen LogP contribution in [0.5, 0.6) is 11.5 Å². The fourth-order valence-electron chi connectivity index (χ4n) is 3.73. The summed E-state index contributed by atoms with van der Waals surface area (Å²) in [7, 11) is 0. The normalized spacial score (nSPS) is 13.0. The second-order valence-electron chi connectivity index (χ2n) is 7.44. The van der Waals surface area contributed by atoms with Crippen molar-refractivity contribution in [2.45, 2.75) is 20.0 Å². The number of rotatable bonds is 6. The SMILES string of the molecule is CCOc1cc(/C=c2/sc3nc4ccccc4n3c2=O)ccc1OC(C)c1ccccc1. The molecular weight excluding hydrogens is 420 g/mol. The van der Waals surface area contributed by atoms with E-state index in [1.807, 2.05) is 92.7 Å². The van der Waals surface area contributed by atoms with Crippen LogP contribution in [0, 0.1) is 0 Å². The number of fused-ring (bicyclic) bond motifs is 3. The maximum Gasteiger partial charge on any atom is 0.274 e. The number of hydrogen-bond donors (Lipinski definition) is 0. The standard InChI is InChI=1S/C26H22N2O3S/c1-3-30-23-15-18(13-14-22(23)31-17(2)19-9-5-4-6-10-19)16-24-25(29)28-21-12-8-7-11-20(21)27-26(28)32-24/h4-17H,3H2,1-2H3/b24-16+. The van der Waals surface area contributed by atoms with Gasteiger partial charge < -0.3 is 9.47 Å². The lowest BCUT2D eigenvalue weighted by atomic mass is 10.1. The van der Waals surface area contributed by atoms with Gasteiger partial charge in [0.15, 0.2) is 16.5 Å². The minimum atomic E-state index is -0.114. The van der Waals surface area contributed by atoms with Gasteiger partial charge in [-0.25, -0.2) is 9.38 Å². The maximum atomic E-state index is 13.0. The monoisotopic (exact) mass is 442 g/mol. The van der Waals surface area contributed by atoms with Crippen LogP contribution in [0.1, 0.15) is 31.1 Å². The highest BCUT2D eigenvalue weighted by Crippen LogP contribution is 2.32. The van der Waals surface area contributed by atoms with E-state index in [1.54, 1.807) is 4.40 Å². The van der Waals surface area contributed by atoms with Gasteiger partial charge >= 0.3 is 0 Å².